The van der Waals surface area contributed by atoms with Gasteiger partial charge in [-0.05, 0) is 26.2 Å². The Hall–Kier alpha value is -0.570. The minimum atomic E-state index is 0.506. The molecule has 14 heavy (non-hydrogen) atoms. The maximum atomic E-state index is 5.19. The smallest absolute Gasteiger partial charge is 0.0704 e. The molecule has 1 atom stereocenters. The summed E-state index contributed by atoms with van der Waals surface area (Å²) in [4.78, 5) is 0. The molecule has 0 radical (unpaired) electrons. The average molecular weight is 198 g/mol. The zero-order valence-electron chi connectivity index (χ0n) is 9.62. The van der Waals surface area contributed by atoms with E-state index in [9.17, 15) is 0 Å². The van der Waals surface area contributed by atoms with Gasteiger partial charge >= 0.3 is 0 Å². The van der Waals surface area contributed by atoms with Gasteiger partial charge in [-0.1, -0.05) is 13.3 Å². The molecular weight excluding hydrogens is 176 g/mol. The Labute approximate surface area is 87.1 Å². The van der Waals surface area contributed by atoms with Crippen molar-refractivity contribution < 1.29 is 4.74 Å². The SMILES string of the molecule is CCCC(C)=NN1CCC[C@H]1COC. The summed E-state index contributed by atoms with van der Waals surface area (Å²) >= 11 is 0. The summed E-state index contributed by atoms with van der Waals surface area (Å²) in [6.45, 7) is 6.21. The Bertz CT molecular complexity index is 192. The second-order valence-electron chi connectivity index (χ2n) is 4.00. The summed E-state index contributed by atoms with van der Waals surface area (Å²) in [6, 6.07) is 0.506. The van der Waals surface area contributed by atoms with Crippen LogP contribution in [0.2, 0.25) is 0 Å². The molecule has 1 saturated heterocycles. The van der Waals surface area contributed by atoms with E-state index < -0.39 is 0 Å². The van der Waals surface area contributed by atoms with Crippen LogP contribution in [0.4, 0.5) is 0 Å². The molecule has 82 valence electrons. The first kappa shape index (κ1) is 11.5. The predicted molar refractivity (Wildman–Crippen MR) is 59.6 cm³/mol. The highest BCUT2D eigenvalue weighted by Crippen LogP contribution is 2.18. The van der Waals surface area contributed by atoms with Gasteiger partial charge in [0.15, 0.2) is 0 Å². The third kappa shape index (κ3) is 3.29. The first-order chi connectivity index (χ1) is 6.77. The third-order valence-corrected chi connectivity index (χ3v) is 2.62. The molecule has 0 aromatic heterocycles. The molecular formula is C11H22N2O. The first-order valence-electron chi connectivity index (χ1n) is 5.57. The Morgan fingerprint density at radius 1 is 1.57 bits per heavy atom. The summed E-state index contributed by atoms with van der Waals surface area (Å²) in [7, 11) is 1.76. The molecule has 0 aliphatic carbocycles. The number of ether oxygens (including phenoxy) is 1. The van der Waals surface area contributed by atoms with Crippen LogP contribution in [0.1, 0.15) is 39.5 Å². The lowest BCUT2D eigenvalue weighted by molar-refractivity contribution is 0.117. The van der Waals surface area contributed by atoms with E-state index in [0.29, 0.717) is 6.04 Å². The van der Waals surface area contributed by atoms with Crippen LogP contribution in [0.25, 0.3) is 0 Å². The van der Waals surface area contributed by atoms with E-state index in [-0.39, 0.29) is 0 Å². The van der Waals surface area contributed by atoms with Crippen LogP contribution < -0.4 is 0 Å². The van der Waals surface area contributed by atoms with Gasteiger partial charge in [-0.25, -0.2) is 0 Å². The lowest BCUT2D eigenvalue weighted by Gasteiger charge is -2.21. The fraction of sp³-hybridized carbons (Fsp3) is 0.909. The van der Waals surface area contributed by atoms with Crippen molar-refractivity contribution in [1.29, 1.82) is 0 Å². The molecule has 0 amide bonds. The van der Waals surface area contributed by atoms with Crippen molar-refractivity contribution in [2.75, 3.05) is 20.3 Å². The monoisotopic (exact) mass is 198 g/mol. The number of nitrogens with zero attached hydrogens (tertiary/aromatic N) is 2. The minimum absolute atomic E-state index is 0.506. The van der Waals surface area contributed by atoms with Crippen molar-refractivity contribution in [2.45, 2.75) is 45.6 Å². The molecule has 3 heteroatoms. The number of hydrogen-bond donors (Lipinski definition) is 0. The average Bonchev–Trinajstić information content (AvgIpc) is 2.54. The highest BCUT2D eigenvalue weighted by molar-refractivity contribution is 5.81. The van der Waals surface area contributed by atoms with Crippen molar-refractivity contribution >= 4 is 5.71 Å². The Morgan fingerprint density at radius 3 is 3.00 bits per heavy atom. The maximum Gasteiger partial charge on any atom is 0.0704 e. The third-order valence-electron chi connectivity index (χ3n) is 2.62. The summed E-state index contributed by atoms with van der Waals surface area (Å²) < 4.78 is 5.19. The number of hydrazone groups is 1. The number of rotatable bonds is 5. The normalized spacial score (nSPS) is 23.2. The molecule has 0 unspecified atom stereocenters. The maximum absolute atomic E-state index is 5.19. The van der Waals surface area contributed by atoms with Gasteiger partial charge in [0.2, 0.25) is 0 Å². The second-order valence-corrected chi connectivity index (χ2v) is 4.00. The molecule has 1 aliphatic heterocycles. The second kappa shape index (κ2) is 6.02. The van der Waals surface area contributed by atoms with Gasteiger partial charge < -0.3 is 4.74 Å². The molecule has 0 aromatic rings. The van der Waals surface area contributed by atoms with E-state index in [2.05, 4.69) is 24.0 Å². The quantitative estimate of drug-likeness (QED) is 0.633. The van der Waals surface area contributed by atoms with E-state index in [0.717, 1.165) is 19.6 Å². The first-order valence-corrected chi connectivity index (χ1v) is 5.57. The molecule has 1 heterocycles. The molecule has 0 N–H and O–H groups in total. The summed E-state index contributed by atoms with van der Waals surface area (Å²) in [5, 5.41) is 6.84. The van der Waals surface area contributed by atoms with E-state index in [1.54, 1.807) is 7.11 Å². The van der Waals surface area contributed by atoms with Gasteiger partial charge in [-0.3, -0.25) is 5.01 Å². The standard InChI is InChI=1S/C11H22N2O/c1-4-6-10(2)12-13-8-5-7-11(13)9-14-3/h11H,4-9H2,1-3H3/t11-/m0/s1. The highest BCUT2D eigenvalue weighted by Gasteiger charge is 2.22. The largest absolute Gasteiger partial charge is 0.382 e. The molecule has 0 saturated carbocycles. The Kier molecular flexibility index (Phi) is 4.94. The van der Waals surface area contributed by atoms with Crippen LogP contribution in [0.15, 0.2) is 5.10 Å². The van der Waals surface area contributed by atoms with Crippen molar-refractivity contribution in [3.8, 4) is 0 Å². The van der Waals surface area contributed by atoms with E-state index in [4.69, 9.17) is 4.74 Å². The van der Waals surface area contributed by atoms with Gasteiger partial charge in [-0.15, -0.1) is 0 Å². The molecule has 0 spiro atoms. The van der Waals surface area contributed by atoms with Gasteiger partial charge in [0, 0.05) is 19.4 Å². The number of hydrogen-bond acceptors (Lipinski definition) is 3. The van der Waals surface area contributed by atoms with Crippen molar-refractivity contribution in [3.63, 3.8) is 0 Å². The zero-order valence-corrected chi connectivity index (χ0v) is 9.62. The number of methoxy groups -OCH3 is 1. The van der Waals surface area contributed by atoms with Gasteiger partial charge in [0.1, 0.15) is 0 Å². The van der Waals surface area contributed by atoms with Crippen LogP contribution in [0.5, 0.6) is 0 Å². The lowest BCUT2D eigenvalue weighted by atomic mass is 10.2. The lowest BCUT2D eigenvalue weighted by Crippen LogP contribution is -2.29. The molecule has 0 aromatic carbocycles. The molecule has 3 nitrogen and oxygen atoms in total. The van der Waals surface area contributed by atoms with Gasteiger partial charge in [0.05, 0.1) is 12.6 Å². The van der Waals surface area contributed by atoms with Crippen molar-refractivity contribution in [3.05, 3.63) is 0 Å². The Morgan fingerprint density at radius 2 is 2.36 bits per heavy atom. The van der Waals surface area contributed by atoms with Gasteiger partial charge in [-0.2, -0.15) is 5.10 Å². The molecule has 1 rings (SSSR count). The molecule has 1 aliphatic rings. The topological polar surface area (TPSA) is 24.8 Å². The van der Waals surface area contributed by atoms with Crippen LogP contribution in [0, 0.1) is 0 Å². The van der Waals surface area contributed by atoms with Crippen LogP contribution in [0.3, 0.4) is 0 Å². The van der Waals surface area contributed by atoms with Crippen LogP contribution >= 0.6 is 0 Å². The van der Waals surface area contributed by atoms with Crippen LogP contribution in [-0.2, 0) is 4.74 Å². The van der Waals surface area contributed by atoms with E-state index >= 15 is 0 Å². The van der Waals surface area contributed by atoms with Gasteiger partial charge in [0.25, 0.3) is 0 Å². The fourth-order valence-electron chi connectivity index (χ4n) is 1.94. The van der Waals surface area contributed by atoms with E-state index in [1.807, 2.05) is 0 Å². The molecule has 1 fully saturated rings. The predicted octanol–water partition coefficient (Wildman–Crippen LogP) is 2.27. The summed E-state index contributed by atoms with van der Waals surface area (Å²) in [5.41, 5.74) is 1.25. The van der Waals surface area contributed by atoms with Crippen LogP contribution in [-0.4, -0.2) is 37.0 Å². The summed E-state index contributed by atoms with van der Waals surface area (Å²) in [5.74, 6) is 0. The minimum Gasteiger partial charge on any atom is -0.382 e. The van der Waals surface area contributed by atoms with Crippen molar-refractivity contribution in [1.82, 2.24) is 5.01 Å². The Balaban J connectivity index is 2.45. The van der Waals surface area contributed by atoms with Crippen molar-refractivity contribution in [2.24, 2.45) is 5.10 Å². The fourth-order valence-corrected chi connectivity index (χ4v) is 1.94. The molecule has 0 bridgehead atoms. The highest BCUT2D eigenvalue weighted by atomic mass is 16.5. The van der Waals surface area contributed by atoms with E-state index in [1.165, 1.54) is 25.0 Å². The zero-order chi connectivity index (χ0) is 10.4. The summed E-state index contributed by atoms with van der Waals surface area (Å²) in [6.07, 6.45) is 4.75.